The second-order valence-electron chi connectivity index (χ2n) is 4.73. The van der Waals surface area contributed by atoms with E-state index >= 15 is 0 Å². The van der Waals surface area contributed by atoms with Gasteiger partial charge in [-0.15, -0.1) is 0 Å². The first-order valence-corrected chi connectivity index (χ1v) is 7.42. The number of hydrogen-bond acceptors (Lipinski definition) is 5. The minimum absolute atomic E-state index is 0.120. The maximum absolute atomic E-state index is 10.9. The van der Waals surface area contributed by atoms with Crippen molar-refractivity contribution in [2.24, 2.45) is 0 Å². The number of nitrogens with zero attached hydrogens (tertiary/aromatic N) is 1. The van der Waals surface area contributed by atoms with Crippen LogP contribution in [0.4, 0.5) is 0 Å². The largest absolute Gasteiger partial charge is 0.493 e. The number of methoxy groups -OCH3 is 1. The number of para-hydroxylation sites is 2. The maximum Gasteiger partial charge on any atom is 0.176 e. The predicted octanol–water partition coefficient (Wildman–Crippen LogP) is 2.14. The third-order valence-corrected chi connectivity index (χ3v) is 3.42. The lowest BCUT2D eigenvalue weighted by molar-refractivity contribution is -0.167. The molecule has 0 spiro atoms. The molecule has 1 N–H and O–H groups in total. The van der Waals surface area contributed by atoms with E-state index in [0.29, 0.717) is 18.1 Å². The average Bonchev–Trinajstić information content (AvgIpc) is 2.52. The minimum atomic E-state index is -1.15. The zero-order valence-corrected chi connectivity index (χ0v) is 13.5. The Bertz CT molecular complexity index is 409. The smallest absolute Gasteiger partial charge is 0.176 e. The Kier molecular flexibility index (Phi) is 7.50. The molecule has 120 valence electrons. The van der Waals surface area contributed by atoms with Crippen molar-refractivity contribution >= 4 is 0 Å². The van der Waals surface area contributed by atoms with Gasteiger partial charge < -0.3 is 19.3 Å². The van der Waals surface area contributed by atoms with Crippen molar-refractivity contribution in [2.45, 2.75) is 26.5 Å². The molecule has 1 aromatic rings. The average molecular weight is 297 g/mol. The summed E-state index contributed by atoms with van der Waals surface area (Å²) in [6.07, 6.45) is 0. The zero-order chi connectivity index (χ0) is 15.7. The van der Waals surface area contributed by atoms with Crippen molar-refractivity contribution in [3.8, 4) is 11.5 Å². The van der Waals surface area contributed by atoms with Crippen LogP contribution >= 0.6 is 0 Å². The van der Waals surface area contributed by atoms with Gasteiger partial charge in [-0.1, -0.05) is 26.0 Å². The first kappa shape index (κ1) is 17.8. The molecule has 0 radical (unpaired) electrons. The van der Waals surface area contributed by atoms with E-state index in [1.807, 2.05) is 49.9 Å². The Balaban J connectivity index is 2.81. The second-order valence-corrected chi connectivity index (χ2v) is 4.73. The highest BCUT2D eigenvalue weighted by atomic mass is 16.5. The van der Waals surface area contributed by atoms with E-state index in [2.05, 4.69) is 0 Å². The molecule has 1 rings (SSSR count). The number of ether oxygens (including phenoxy) is 3. The third-order valence-electron chi connectivity index (χ3n) is 3.42. The molecule has 0 bridgehead atoms. The monoisotopic (exact) mass is 297 g/mol. The fourth-order valence-electron chi connectivity index (χ4n) is 2.23. The summed E-state index contributed by atoms with van der Waals surface area (Å²) in [5.41, 5.74) is -1.15. The molecule has 5 heteroatoms. The topological polar surface area (TPSA) is 51.2 Å². The third kappa shape index (κ3) is 4.88. The fraction of sp³-hybridized carbons (Fsp3) is 0.625. The van der Waals surface area contributed by atoms with Crippen molar-refractivity contribution in [1.29, 1.82) is 0 Å². The van der Waals surface area contributed by atoms with Crippen LogP contribution < -0.4 is 9.47 Å². The van der Waals surface area contributed by atoms with E-state index < -0.39 is 5.72 Å². The molecule has 0 fully saturated rings. The summed E-state index contributed by atoms with van der Waals surface area (Å²) >= 11 is 0. The van der Waals surface area contributed by atoms with Crippen molar-refractivity contribution < 1.29 is 19.3 Å². The number of benzene rings is 1. The summed E-state index contributed by atoms with van der Waals surface area (Å²) in [5.74, 6) is 1.26. The Morgan fingerprint density at radius 3 is 2.19 bits per heavy atom. The van der Waals surface area contributed by atoms with Crippen LogP contribution in [0.5, 0.6) is 11.5 Å². The molecule has 5 nitrogen and oxygen atoms in total. The first-order chi connectivity index (χ1) is 10.1. The first-order valence-electron chi connectivity index (χ1n) is 7.42. The van der Waals surface area contributed by atoms with Crippen molar-refractivity contribution in [1.82, 2.24) is 4.90 Å². The van der Waals surface area contributed by atoms with Crippen molar-refractivity contribution in [2.75, 3.05) is 40.0 Å². The molecular weight excluding hydrogens is 270 g/mol. The van der Waals surface area contributed by atoms with E-state index in [1.54, 1.807) is 7.11 Å². The number of hydrogen-bond donors (Lipinski definition) is 1. The Morgan fingerprint density at radius 2 is 1.67 bits per heavy atom. The summed E-state index contributed by atoms with van der Waals surface area (Å²) in [7, 11) is 1.60. The van der Waals surface area contributed by atoms with Gasteiger partial charge in [0.2, 0.25) is 0 Å². The van der Waals surface area contributed by atoms with Gasteiger partial charge in [0.25, 0.3) is 0 Å². The zero-order valence-electron chi connectivity index (χ0n) is 13.5. The van der Waals surface area contributed by atoms with Crippen LogP contribution in [0, 0.1) is 0 Å². The van der Waals surface area contributed by atoms with Crippen LogP contribution in [0.25, 0.3) is 0 Å². The van der Waals surface area contributed by atoms with Gasteiger partial charge in [0.15, 0.2) is 17.2 Å². The molecule has 1 aromatic carbocycles. The van der Waals surface area contributed by atoms with E-state index in [4.69, 9.17) is 14.2 Å². The molecule has 0 saturated heterocycles. The molecule has 0 amide bonds. The summed E-state index contributed by atoms with van der Waals surface area (Å²) < 4.78 is 16.5. The molecule has 1 unspecified atom stereocenters. The fourth-order valence-corrected chi connectivity index (χ4v) is 2.23. The van der Waals surface area contributed by atoms with Gasteiger partial charge >= 0.3 is 0 Å². The van der Waals surface area contributed by atoms with E-state index in [-0.39, 0.29) is 13.2 Å². The predicted molar refractivity (Wildman–Crippen MR) is 82.9 cm³/mol. The van der Waals surface area contributed by atoms with Gasteiger partial charge in [-0.3, -0.25) is 4.90 Å². The molecule has 0 aliphatic heterocycles. The highest BCUT2D eigenvalue weighted by Gasteiger charge is 2.34. The normalized spacial score (nSPS) is 14.0. The molecule has 0 aromatic heterocycles. The lowest BCUT2D eigenvalue weighted by Crippen LogP contribution is -2.56. The highest BCUT2D eigenvalue weighted by Crippen LogP contribution is 2.27. The van der Waals surface area contributed by atoms with Gasteiger partial charge in [-0.05, 0) is 32.1 Å². The van der Waals surface area contributed by atoms with Crippen LogP contribution in [0.3, 0.4) is 0 Å². The van der Waals surface area contributed by atoms with Crippen LogP contribution in [0.1, 0.15) is 20.8 Å². The number of aliphatic hydroxyl groups is 1. The summed E-state index contributed by atoms with van der Waals surface area (Å²) in [5, 5.41) is 10.9. The number of likely N-dealkylation sites (N-methyl/N-ethyl adjacent to an activating group) is 1. The van der Waals surface area contributed by atoms with Gasteiger partial charge in [0.1, 0.15) is 6.61 Å². The summed E-state index contributed by atoms with van der Waals surface area (Å²) in [4.78, 5) is 1.93. The molecule has 0 saturated carbocycles. The van der Waals surface area contributed by atoms with Crippen LogP contribution in [-0.4, -0.2) is 55.8 Å². The Labute approximate surface area is 127 Å². The van der Waals surface area contributed by atoms with Gasteiger partial charge in [0.05, 0.1) is 13.7 Å². The SMILES string of the molecule is CCOCC(O)(COc1ccccc1OC)N(CC)CC. The molecular formula is C16H27NO4. The van der Waals surface area contributed by atoms with E-state index in [9.17, 15) is 5.11 Å². The molecule has 0 aliphatic rings. The standard InChI is InChI=1S/C16H27NO4/c1-5-17(6-2)16(18,12-20-7-3)13-21-15-11-9-8-10-14(15)19-4/h8-11,18H,5-7,12-13H2,1-4H3. The number of rotatable bonds is 10. The van der Waals surface area contributed by atoms with Crippen LogP contribution in [0.15, 0.2) is 24.3 Å². The van der Waals surface area contributed by atoms with Crippen molar-refractivity contribution in [3.05, 3.63) is 24.3 Å². The quantitative estimate of drug-likeness (QED) is 0.671. The summed E-state index contributed by atoms with van der Waals surface area (Å²) in [6.45, 7) is 8.23. The second kappa shape index (κ2) is 8.87. The Hall–Kier alpha value is -1.30. The van der Waals surface area contributed by atoms with Gasteiger partial charge in [-0.25, -0.2) is 0 Å². The summed E-state index contributed by atoms with van der Waals surface area (Å²) in [6, 6.07) is 7.40. The highest BCUT2D eigenvalue weighted by molar-refractivity contribution is 5.39. The van der Waals surface area contributed by atoms with Crippen LogP contribution in [-0.2, 0) is 4.74 Å². The van der Waals surface area contributed by atoms with E-state index in [0.717, 1.165) is 13.1 Å². The lowest BCUT2D eigenvalue weighted by Gasteiger charge is -2.38. The molecule has 21 heavy (non-hydrogen) atoms. The molecule has 0 heterocycles. The van der Waals surface area contributed by atoms with E-state index in [1.165, 1.54) is 0 Å². The molecule has 1 atom stereocenters. The maximum atomic E-state index is 10.9. The Morgan fingerprint density at radius 1 is 1.05 bits per heavy atom. The lowest BCUT2D eigenvalue weighted by atomic mass is 10.2. The molecule has 0 aliphatic carbocycles. The van der Waals surface area contributed by atoms with Gasteiger partial charge in [-0.2, -0.15) is 0 Å². The van der Waals surface area contributed by atoms with Crippen LogP contribution in [0.2, 0.25) is 0 Å². The van der Waals surface area contributed by atoms with Gasteiger partial charge in [0, 0.05) is 6.61 Å². The van der Waals surface area contributed by atoms with Crippen molar-refractivity contribution in [3.63, 3.8) is 0 Å². The minimum Gasteiger partial charge on any atom is -0.493 e.